The van der Waals surface area contributed by atoms with Crippen LogP contribution in [0.5, 0.6) is 0 Å². The summed E-state index contributed by atoms with van der Waals surface area (Å²) in [7, 11) is 0. The lowest BCUT2D eigenvalue weighted by molar-refractivity contribution is -0.142. The molecule has 0 bridgehead atoms. The Morgan fingerprint density at radius 3 is 2.05 bits per heavy atom. The van der Waals surface area contributed by atoms with Crippen LogP contribution in [-0.4, -0.2) is 65.1 Å². The van der Waals surface area contributed by atoms with Crippen molar-refractivity contribution in [1.29, 1.82) is 0 Å². The number of rotatable bonds is 12. The van der Waals surface area contributed by atoms with Crippen LogP contribution in [0.2, 0.25) is 0 Å². The van der Waals surface area contributed by atoms with E-state index in [9.17, 15) is 24.0 Å². The van der Waals surface area contributed by atoms with Gasteiger partial charge in [-0.3, -0.25) is 19.2 Å². The van der Waals surface area contributed by atoms with Gasteiger partial charge in [0.05, 0.1) is 12.6 Å². The fourth-order valence-electron chi connectivity index (χ4n) is 5.28. The van der Waals surface area contributed by atoms with Crippen molar-refractivity contribution in [3.05, 3.63) is 35.9 Å². The first-order valence-electron chi connectivity index (χ1n) is 14.6. The molecule has 1 aromatic rings. The number of hydrogen-bond donors (Lipinski definition) is 4. The largest absolute Gasteiger partial charge is 0.363 e. The maximum atomic E-state index is 14.2. The normalized spacial score (nSPS) is 17.8. The highest BCUT2D eigenvalue weighted by atomic mass is 16.2. The standard InChI is InChI=1S/C31H47N5O5/c1-29(2,3)25(34-28(41)35-30(4,5)6)27(40)36(19-31(15-16-31)21-13-8-7-9-14-21)18-23(37)33-22(24(38)26(32)39)17-20-11-10-12-20/h7-9,13-14,20,22,25H,10-12,15-19H2,1-6H3,(H2,32,39)(H,33,37)(H2,34,35,41)/t22?,25-/m1/s1. The maximum absolute atomic E-state index is 14.2. The minimum Gasteiger partial charge on any atom is -0.363 e. The molecule has 0 heterocycles. The molecule has 2 saturated carbocycles. The number of nitrogens with zero attached hydrogens (tertiary/aromatic N) is 1. The van der Waals surface area contributed by atoms with Crippen LogP contribution in [0.25, 0.3) is 0 Å². The lowest BCUT2D eigenvalue weighted by atomic mass is 9.80. The number of nitrogens with two attached hydrogens (primary N) is 1. The molecule has 3 rings (SSSR count). The van der Waals surface area contributed by atoms with Gasteiger partial charge in [0.15, 0.2) is 0 Å². The van der Waals surface area contributed by atoms with Gasteiger partial charge in [-0.05, 0) is 56.9 Å². The Labute approximate surface area is 243 Å². The van der Waals surface area contributed by atoms with Crippen molar-refractivity contribution in [3.8, 4) is 0 Å². The smallest absolute Gasteiger partial charge is 0.315 e. The molecule has 10 heteroatoms. The predicted octanol–water partition coefficient (Wildman–Crippen LogP) is 2.79. The van der Waals surface area contributed by atoms with E-state index in [0.29, 0.717) is 6.42 Å². The van der Waals surface area contributed by atoms with Crippen molar-refractivity contribution >= 4 is 29.5 Å². The van der Waals surface area contributed by atoms with Crippen molar-refractivity contribution in [2.24, 2.45) is 17.1 Å². The molecular formula is C31H47N5O5. The van der Waals surface area contributed by atoms with E-state index < -0.39 is 52.6 Å². The third-order valence-corrected chi connectivity index (χ3v) is 7.94. The van der Waals surface area contributed by atoms with Crippen LogP contribution in [0.1, 0.15) is 85.6 Å². The number of carbonyl (C=O) groups excluding carboxylic acids is 5. The fourth-order valence-corrected chi connectivity index (χ4v) is 5.28. The van der Waals surface area contributed by atoms with Crippen molar-refractivity contribution in [1.82, 2.24) is 20.9 Å². The van der Waals surface area contributed by atoms with E-state index in [-0.39, 0.29) is 24.4 Å². The molecule has 0 aromatic heterocycles. The highest BCUT2D eigenvalue weighted by Crippen LogP contribution is 2.48. The summed E-state index contributed by atoms with van der Waals surface area (Å²) in [4.78, 5) is 66.2. The van der Waals surface area contributed by atoms with Gasteiger partial charge in [0, 0.05) is 17.5 Å². The Bertz CT molecular complexity index is 1130. The zero-order valence-corrected chi connectivity index (χ0v) is 25.3. The second-order valence-electron chi connectivity index (χ2n) is 13.9. The number of nitrogens with one attached hydrogen (secondary N) is 3. The van der Waals surface area contributed by atoms with Gasteiger partial charge in [-0.1, -0.05) is 70.4 Å². The molecule has 2 atom stereocenters. The van der Waals surface area contributed by atoms with Gasteiger partial charge >= 0.3 is 6.03 Å². The molecule has 2 aliphatic carbocycles. The lowest BCUT2D eigenvalue weighted by Crippen LogP contribution is -2.60. The summed E-state index contributed by atoms with van der Waals surface area (Å²) < 4.78 is 0. The van der Waals surface area contributed by atoms with Crippen molar-refractivity contribution in [2.75, 3.05) is 13.1 Å². The second kappa shape index (κ2) is 12.6. The van der Waals surface area contributed by atoms with E-state index in [1.165, 1.54) is 4.90 Å². The summed E-state index contributed by atoms with van der Waals surface area (Å²) in [5.41, 5.74) is 4.88. The number of ketones is 1. The second-order valence-corrected chi connectivity index (χ2v) is 13.9. The highest BCUT2D eigenvalue weighted by Gasteiger charge is 2.48. The van der Waals surface area contributed by atoms with Crippen molar-refractivity contribution in [2.45, 2.75) is 103 Å². The molecule has 41 heavy (non-hydrogen) atoms. The average Bonchev–Trinajstić information content (AvgIpc) is 3.62. The Kier molecular flexibility index (Phi) is 9.87. The van der Waals surface area contributed by atoms with Crippen LogP contribution in [0.15, 0.2) is 30.3 Å². The zero-order valence-electron chi connectivity index (χ0n) is 25.3. The monoisotopic (exact) mass is 569 g/mol. The van der Waals surface area contributed by atoms with Crippen LogP contribution in [0, 0.1) is 11.3 Å². The van der Waals surface area contributed by atoms with Crippen LogP contribution in [0.3, 0.4) is 0 Å². The SMILES string of the molecule is CC(C)(C)NC(=O)N[C@H](C(=O)N(CC(=O)NC(CC1CCC1)C(=O)C(N)=O)CC1(c2ccccc2)CC1)C(C)(C)C. The minimum absolute atomic E-state index is 0.241. The van der Waals surface area contributed by atoms with Crippen molar-refractivity contribution in [3.63, 3.8) is 0 Å². The van der Waals surface area contributed by atoms with Gasteiger partial charge in [-0.25, -0.2) is 4.79 Å². The zero-order chi connectivity index (χ0) is 30.6. The third kappa shape index (κ3) is 9.03. The number of primary amides is 1. The van der Waals surface area contributed by atoms with Crippen molar-refractivity contribution < 1.29 is 24.0 Å². The van der Waals surface area contributed by atoms with Crippen LogP contribution < -0.4 is 21.7 Å². The number of Topliss-reactive ketones (excluding diaryl/α,β-unsaturated/α-hetero) is 1. The summed E-state index contributed by atoms with van der Waals surface area (Å²) in [6, 6.07) is 7.44. The lowest BCUT2D eigenvalue weighted by Gasteiger charge is -2.37. The number of benzene rings is 1. The Balaban J connectivity index is 1.86. The van der Waals surface area contributed by atoms with Gasteiger partial charge < -0.3 is 26.6 Å². The summed E-state index contributed by atoms with van der Waals surface area (Å²) in [6.07, 6.45) is 4.95. The Hall–Kier alpha value is -3.43. The topological polar surface area (TPSA) is 151 Å². The Morgan fingerprint density at radius 1 is 0.976 bits per heavy atom. The van der Waals surface area contributed by atoms with Gasteiger partial charge in [0.1, 0.15) is 6.04 Å². The third-order valence-electron chi connectivity index (χ3n) is 7.94. The number of hydrogen-bond acceptors (Lipinski definition) is 5. The van der Waals surface area contributed by atoms with Crippen LogP contribution in [0.4, 0.5) is 4.79 Å². The maximum Gasteiger partial charge on any atom is 0.315 e. The predicted molar refractivity (Wildman–Crippen MR) is 157 cm³/mol. The average molecular weight is 570 g/mol. The first-order chi connectivity index (χ1) is 19.0. The number of amides is 5. The van der Waals surface area contributed by atoms with E-state index in [2.05, 4.69) is 16.0 Å². The molecule has 2 fully saturated rings. The van der Waals surface area contributed by atoms with E-state index in [1.807, 2.05) is 71.9 Å². The van der Waals surface area contributed by atoms with E-state index in [0.717, 1.165) is 37.7 Å². The molecule has 1 aromatic carbocycles. The molecular weight excluding hydrogens is 522 g/mol. The highest BCUT2D eigenvalue weighted by molar-refractivity contribution is 6.37. The molecule has 0 radical (unpaired) electrons. The van der Waals surface area contributed by atoms with E-state index in [1.54, 1.807) is 0 Å². The summed E-state index contributed by atoms with van der Waals surface area (Å²) >= 11 is 0. The fraction of sp³-hybridized carbons (Fsp3) is 0.645. The Morgan fingerprint density at radius 2 is 1.59 bits per heavy atom. The number of carbonyl (C=O) groups is 5. The van der Waals surface area contributed by atoms with Gasteiger partial charge in [0.2, 0.25) is 17.6 Å². The van der Waals surface area contributed by atoms with Gasteiger partial charge in [0.25, 0.3) is 5.91 Å². The molecule has 0 spiro atoms. The summed E-state index contributed by atoms with van der Waals surface area (Å²) in [6.45, 7) is 11.1. The van der Waals surface area contributed by atoms with E-state index >= 15 is 0 Å². The first kappa shape index (κ1) is 32.1. The molecule has 5 amide bonds. The van der Waals surface area contributed by atoms with Crippen LogP contribution >= 0.6 is 0 Å². The molecule has 226 valence electrons. The van der Waals surface area contributed by atoms with Gasteiger partial charge in [-0.2, -0.15) is 0 Å². The molecule has 1 unspecified atom stereocenters. The van der Waals surface area contributed by atoms with E-state index in [4.69, 9.17) is 5.73 Å². The van der Waals surface area contributed by atoms with Gasteiger partial charge in [-0.15, -0.1) is 0 Å². The molecule has 10 nitrogen and oxygen atoms in total. The van der Waals surface area contributed by atoms with Crippen LogP contribution in [-0.2, 0) is 24.6 Å². The minimum atomic E-state index is -1.09. The molecule has 2 aliphatic rings. The summed E-state index contributed by atoms with van der Waals surface area (Å²) in [5.74, 6) is -2.63. The first-order valence-corrected chi connectivity index (χ1v) is 14.6. The molecule has 0 aliphatic heterocycles. The molecule has 5 N–H and O–H groups in total. The number of urea groups is 1. The summed E-state index contributed by atoms with van der Waals surface area (Å²) in [5, 5.41) is 8.37. The molecule has 0 saturated heterocycles. The quantitative estimate of drug-likeness (QED) is 0.286.